The van der Waals surface area contributed by atoms with Gasteiger partial charge in [0.1, 0.15) is 0 Å². The Morgan fingerprint density at radius 1 is 1.19 bits per heavy atom. The number of primary amides is 1. The third kappa shape index (κ3) is 5.80. The molecule has 0 bridgehead atoms. The van der Waals surface area contributed by atoms with E-state index in [1.807, 2.05) is 13.8 Å². The fourth-order valence-corrected chi connectivity index (χ4v) is 4.32. The number of methoxy groups -OCH3 is 1. The van der Waals surface area contributed by atoms with Crippen LogP contribution in [0.25, 0.3) is 0 Å². The van der Waals surface area contributed by atoms with Gasteiger partial charge < -0.3 is 16.2 Å². The molecule has 21 heavy (non-hydrogen) atoms. The number of carbonyl (C=O) groups is 2. The molecule has 0 saturated carbocycles. The molecule has 0 aromatic heterocycles. The molecule has 1 atom stereocenters. The highest BCUT2D eigenvalue weighted by molar-refractivity contribution is 7.92. The van der Waals surface area contributed by atoms with Crippen LogP contribution in [-0.2, 0) is 24.2 Å². The summed E-state index contributed by atoms with van der Waals surface area (Å²) < 4.78 is 29.1. The molecule has 126 valence electrons. The Balaban J connectivity index is 0. The van der Waals surface area contributed by atoms with E-state index in [0.717, 1.165) is 7.11 Å². The number of rotatable bonds is 9. The molecule has 0 radical (unpaired) electrons. The summed E-state index contributed by atoms with van der Waals surface area (Å²) in [7, 11) is -2.71. The van der Waals surface area contributed by atoms with Gasteiger partial charge in [-0.1, -0.05) is 26.7 Å². The zero-order chi connectivity index (χ0) is 16.0. The normalized spacial score (nSPS) is 14.1. The highest BCUT2D eigenvalue weighted by Gasteiger charge is 2.47. The van der Waals surface area contributed by atoms with Crippen LogP contribution in [0.2, 0.25) is 0 Å². The van der Waals surface area contributed by atoms with Crippen LogP contribution >= 0.6 is 12.4 Å². The van der Waals surface area contributed by atoms with Gasteiger partial charge in [0.25, 0.3) is 0 Å². The van der Waals surface area contributed by atoms with Crippen molar-refractivity contribution in [2.45, 2.75) is 50.3 Å². The monoisotopic (exact) mass is 344 g/mol. The second kappa shape index (κ2) is 9.22. The fraction of sp³-hybridized carbons (Fsp3) is 0.833. The molecule has 0 rings (SSSR count). The second-order valence-corrected chi connectivity index (χ2v) is 7.11. The molecule has 0 aliphatic heterocycles. The molecule has 7 nitrogen and oxygen atoms in total. The molecular formula is C12H25ClN2O5S. The van der Waals surface area contributed by atoms with E-state index in [0.29, 0.717) is 25.7 Å². The molecule has 0 spiro atoms. The molecule has 0 saturated heterocycles. The average molecular weight is 345 g/mol. The third-order valence-corrected chi connectivity index (χ3v) is 5.49. The van der Waals surface area contributed by atoms with E-state index < -0.39 is 38.3 Å². The number of esters is 1. The van der Waals surface area contributed by atoms with E-state index in [2.05, 4.69) is 4.74 Å². The number of ether oxygens (including phenoxy) is 1. The number of amides is 1. The SMILES string of the molecule is CCCC(CCC)S(=O)(=O)C[C@@](N)(C(N)=O)C(=O)OC.Cl. The minimum absolute atomic E-state index is 0. The highest BCUT2D eigenvalue weighted by Crippen LogP contribution is 2.19. The molecule has 0 aromatic rings. The van der Waals surface area contributed by atoms with E-state index in [1.165, 1.54) is 0 Å². The standard InChI is InChI=1S/C12H24N2O5S.ClH/c1-4-6-9(7-5-2)20(17,18)8-12(14,10(13)15)11(16)19-3;/h9H,4-8,14H2,1-3H3,(H2,13,15);1H/t12-;/m1./s1. The lowest BCUT2D eigenvalue weighted by Gasteiger charge is -2.25. The molecule has 0 fully saturated rings. The first kappa shape index (κ1) is 22.4. The van der Waals surface area contributed by atoms with Gasteiger partial charge in [0.05, 0.1) is 18.1 Å². The number of hydrogen-bond donors (Lipinski definition) is 2. The van der Waals surface area contributed by atoms with Gasteiger partial charge >= 0.3 is 5.97 Å². The van der Waals surface area contributed by atoms with Crippen molar-refractivity contribution in [2.75, 3.05) is 12.9 Å². The van der Waals surface area contributed by atoms with Crippen LogP contribution in [0.4, 0.5) is 0 Å². The summed E-state index contributed by atoms with van der Waals surface area (Å²) in [6, 6.07) is 0. The third-order valence-electron chi connectivity index (χ3n) is 3.15. The van der Waals surface area contributed by atoms with Crippen molar-refractivity contribution in [3.8, 4) is 0 Å². The zero-order valence-corrected chi connectivity index (χ0v) is 14.3. The number of hydrogen-bond acceptors (Lipinski definition) is 6. The van der Waals surface area contributed by atoms with E-state index in [4.69, 9.17) is 11.5 Å². The first-order chi connectivity index (χ1) is 9.15. The summed E-state index contributed by atoms with van der Waals surface area (Å²) in [5.41, 5.74) is 8.32. The maximum absolute atomic E-state index is 12.4. The molecular weight excluding hydrogens is 320 g/mol. The molecule has 1 amide bonds. The lowest BCUT2D eigenvalue weighted by Crippen LogP contribution is -2.63. The minimum atomic E-state index is -3.73. The smallest absolute Gasteiger partial charge is 0.336 e. The summed E-state index contributed by atoms with van der Waals surface area (Å²) in [4.78, 5) is 22.9. The van der Waals surface area contributed by atoms with Crippen molar-refractivity contribution in [1.82, 2.24) is 0 Å². The number of halogens is 1. The number of sulfone groups is 1. The maximum atomic E-state index is 12.4. The van der Waals surface area contributed by atoms with Crippen molar-refractivity contribution in [3.05, 3.63) is 0 Å². The van der Waals surface area contributed by atoms with Crippen molar-refractivity contribution >= 4 is 34.1 Å². The minimum Gasteiger partial charge on any atom is -0.467 e. The molecule has 0 heterocycles. The van der Waals surface area contributed by atoms with Crippen LogP contribution in [0, 0.1) is 0 Å². The van der Waals surface area contributed by atoms with Crippen LogP contribution in [0.1, 0.15) is 39.5 Å². The fourth-order valence-electron chi connectivity index (χ4n) is 2.00. The Morgan fingerprint density at radius 2 is 1.62 bits per heavy atom. The first-order valence-electron chi connectivity index (χ1n) is 6.54. The van der Waals surface area contributed by atoms with Gasteiger partial charge in [0, 0.05) is 0 Å². The Morgan fingerprint density at radius 3 is 1.90 bits per heavy atom. The van der Waals surface area contributed by atoms with E-state index >= 15 is 0 Å². The van der Waals surface area contributed by atoms with Crippen molar-refractivity contribution in [3.63, 3.8) is 0 Å². The number of nitrogens with two attached hydrogens (primary N) is 2. The first-order valence-corrected chi connectivity index (χ1v) is 8.26. The zero-order valence-electron chi connectivity index (χ0n) is 12.6. The average Bonchev–Trinajstić information content (AvgIpc) is 2.36. The lowest BCUT2D eigenvalue weighted by atomic mass is 10.0. The van der Waals surface area contributed by atoms with Crippen LogP contribution in [0.3, 0.4) is 0 Å². The largest absolute Gasteiger partial charge is 0.467 e. The highest BCUT2D eigenvalue weighted by atomic mass is 35.5. The van der Waals surface area contributed by atoms with Gasteiger partial charge in [-0.15, -0.1) is 12.4 Å². The Bertz CT molecular complexity index is 449. The summed E-state index contributed by atoms with van der Waals surface area (Å²) in [6.07, 6.45) is 2.25. The Kier molecular flexibility index (Phi) is 9.84. The molecule has 0 aliphatic carbocycles. The van der Waals surface area contributed by atoms with Crippen LogP contribution in [0.15, 0.2) is 0 Å². The van der Waals surface area contributed by atoms with Crippen LogP contribution in [-0.4, -0.2) is 43.9 Å². The molecule has 0 aromatic carbocycles. The molecule has 9 heteroatoms. The predicted molar refractivity (Wildman–Crippen MR) is 82.8 cm³/mol. The van der Waals surface area contributed by atoms with Crippen LogP contribution in [0.5, 0.6) is 0 Å². The van der Waals surface area contributed by atoms with Gasteiger partial charge in [-0.05, 0) is 12.8 Å². The van der Waals surface area contributed by atoms with Gasteiger partial charge in [-0.25, -0.2) is 13.2 Å². The van der Waals surface area contributed by atoms with Gasteiger partial charge in [-0.3, -0.25) is 4.79 Å². The van der Waals surface area contributed by atoms with Gasteiger partial charge in [0.15, 0.2) is 9.84 Å². The Hall–Kier alpha value is -0.860. The van der Waals surface area contributed by atoms with E-state index in [-0.39, 0.29) is 12.4 Å². The van der Waals surface area contributed by atoms with E-state index in [1.54, 1.807) is 0 Å². The molecule has 0 unspecified atom stereocenters. The van der Waals surface area contributed by atoms with Crippen molar-refractivity contribution < 1.29 is 22.7 Å². The summed E-state index contributed by atoms with van der Waals surface area (Å²) >= 11 is 0. The predicted octanol–water partition coefficient (Wildman–Crippen LogP) is 0.148. The summed E-state index contributed by atoms with van der Waals surface area (Å²) in [6.45, 7) is 3.73. The van der Waals surface area contributed by atoms with Gasteiger partial charge in [-0.2, -0.15) is 0 Å². The van der Waals surface area contributed by atoms with Crippen LogP contribution < -0.4 is 11.5 Å². The quantitative estimate of drug-likeness (QED) is 0.452. The van der Waals surface area contributed by atoms with E-state index in [9.17, 15) is 18.0 Å². The summed E-state index contributed by atoms with van der Waals surface area (Å²) in [5.74, 6) is -3.17. The molecule has 4 N–H and O–H groups in total. The van der Waals surface area contributed by atoms with Crippen molar-refractivity contribution in [2.24, 2.45) is 11.5 Å². The number of carbonyl (C=O) groups excluding carboxylic acids is 2. The maximum Gasteiger partial charge on any atom is 0.336 e. The van der Waals surface area contributed by atoms with Crippen molar-refractivity contribution in [1.29, 1.82) is 0 Å². The van der Waals surface area contributed by atoms with Gasteiger partial charge in [0.2, 0.25) is 11.4 Å². The topological polar surface area (TPSA) is 130 Å². The molecule has 0 aliphatic rings. The Labute approximate surface area is 132 Å². The lowest BCUT2D eigenvalue weighted by molar-refractivity contribution is -0.150. The summed E-state index contributed by atoms with van der Waals surface area (Å²) in [5, 5.41) is -0.635. The second-order valence-electron chi connectivity index (χ2n) is 4.83.